The minimum absolute atomic E-state index is 0.0596. The molecule has 0 amide bonds. The van der Waals surface area contributed by atoms with Gasteiger partial charge in [0.05, 0.1) is 18.2 Å². The van der Waals surface area contributed by atoms with Crippen molar-refractivity contribution in [3.63, 3.8) is 0 Å². The molecule has 0 aromatic heterocycles. The summed E-state index contributed by atoms with van der Waals surface area (Å²) in [5.41, 5.74) is 3.98. The number of hydrogen-bond acceptors (Lipinski definition) is 4. The number of nitrogens with zero attached hydrogens (tertiary/aromatic N) is 2. The van der Waals surface area contributed by atoms with Crippen molar-refractivity contribution >= 4 is 23.0 Å². The van der Waals surface area contributed by atoms with E-state index >= 15 is 0 Å². The minimum atomic E-state index is -0.692. The van der Waals surface area contributed by atoms with Crippen LogP contribution in [0.15, 0.2) is 97.1 Å². The first-order valence-corrected chi connectivity index (χ1v) is 13.4. The summed E-state index contributed by atoms with van der Waals surface area (Å²) in [5.74, 6) is -0.0148. The normalized spacial score (nSPS) is 18.0. The van der Waals surface area contributed by atoms with Crippen LogP contribution in [0.3, 0.4) is 0 Å². The number of para-hydroxylation sites is 1. The second-order valence-corrected chi connectivity index (χ2v) is 10.3. The summed E-state index contributed by atoms with van der Waals surface area (Å²) in [6.07, 6.45) is 1.25. The molecule has 1 saturated heterocycles. The number of anilines is 1. The maximum absolute atomic E-state index is 13.3. The van der Waals surface area contributed by atoms with Crippen LogP contribution in [0.5, 0.6) is 11.5 Å². The quantitative estimate of drug-likeness (QED) is 0.209. The zero-order chi connectivity index (χ0) is 27.5. The Morgan fingerprint density at radius 1 is 0.872 bits per heavy atom. The molecule has 0 bridgehead atoms. The standard InChI is InChI=1S/C32H31FN2O3S/c1-34-28(11-6-12-29(37)21-13-16-24(33)17-14-21)31(35(32(34)39)25-8-3-2-4-9-25)27-18-15-23(20-30(27)38)22-7-5-10-26(36)19-22/h2-5,7-10,13-20,28-29,31,36-38H,6,11-12H2,1H3/t28-,29-,31-/m1/s1. The van der Waals surface area contributed by atoms with Crippen molar-refractivity contribution in [3.8, 4) is 22.6 Å². The molecule has 0 saturated carbocycles. The molecule has 200 valence electrons. The van der Waals surface area contributed by atoms with Crippen LogP contribution in [-0.4, -0.2) is 38.4 Å². The first-order chi connectivity index (χ1) is 18.8. The highest BCUT2D eigenvalue weighted by Crippen LogP contribution is 2.44. The third-order valence-corrected chi connectivity index (χ3v) is 7.93. The molecule has 1 aliphatic heterocycles. The third-order valence-electron chi connectivity index (χ3n) is 7.44. The predicted octanol–water partition coefficient (Wildman–Crippen LogP) is 6.95. The number of likely N-dealkylation sites (N-methyl/N-ethyl adjacent to an activating group) is 1. The summed E-state index contributed by atoms with van der Waals surface area (Å²) in [5, 5.41) is 32.6. The number of halogens is 1. The fourth-order valence-electron chi connectivity index (χ4n) is 5.40. The molecule has 1 heterocycles. The lowest BCUT2D eigenvalue weighted by Gasteiger charge is -2.29. The summed E-state index contributed by atoms with van der Waals surface area (Å²) in [6.45, 7) is 0. The van der Waals surface area contributed by atoms with Crippen LogP contribution in [0, 0.1) is 5.82 Å². The second kappa shape index (κ2) is 11.4. The highest BCUT2D eigenvalue weighted by atomic mass is 32.1. The van der Waals surface area contributed by atoms with E-state index in [2.05, 4.69) is 9.80 Å². The Hall–Kier alpha value is -3.94. The van der Waals surface area contributed by atoms with Gasteiger partial charge in [-0.15, -0.1) is 0 Å². The molecular formula is C32H31FN2O3S. The molecule has 7 heteroatoms. The van der Waals surface area contributed by atoms with E-state index in [1.165, 1.54) is 12.1 Å². The first kappa shape index (κ1) is 26.7. The molecule has 39 heavy (non-hydrogen) atoms. The van der Waals surface area contributed by atoms with E-state index < -0.39 is 6.10 Å². The van der Waals surface area contributed by atoms with Gasteiger partial charge < -0.3 is 25.1 Å². The van der Waals surface area contributed by atoms with Crippen molar-refractivity contribution < 1.29 is 19.7 Å². The molecule has 1 aliphatic rings. The van der Waals surface area contributed by atoms with Gasteiger partial charge in [-0.05, 0) is 90.6 Å². The van der Waals surface area contributed by atoms with Gasteiger partial charge in [-0.25, -0.2) is 4.39 Å². The van der Waals surface area contributed by atoms with Crippen LogP contribution >= 0.6 is 12.2 Å². The number of aliphatic hydroxyl groups is 1. The van der Waals surface area contributed by atoms with E-state index in [0.717, 1.165) is 28.8 Å². The number of phenols is 2. The third kappa shape index (κ3) is 5.60. The number of rotatable bonds is 8. The topological polar surface area (TPSA) is 67.2 Å². The van der Waals surface area contributed by atoms with Crippen LogP contribution in [0.2, 0.25) is 0 Å². The van der Waals surface area contributed by atoms with Gasteiger partial charge in [-0.3, -0.25) is 0 Å². The predicted molar refractivity (Wildman–Crippen MR) is 156 cm³/mol. The monoisotopic (exact) mass is 542 g/mol. The van der Waals surface area contributed by atoms with Crippen molar-refractivity contribution in [2.45, 2.75) is 37.5 Å². The van der Waals surface area contributed by atoms with Crippen LogP contribution in [-0.2, 0) is 0 Å². The first-order valence-electron chi connectivity index (χ1n) is 13.0. The van der Waals surface area contributed by atoms with Crippen molar-refractivity contribution in [2.75, 3.05) is 11.9 Å². The molecule has 4 aromatic rings. The van der Waals surface area contributed by atoms with E-state index in [-0.39, 0.29) is 29.4 Å². The van der Waals surface area contributed by atoms with Gasteiger partial charge in [-0.1, -0.05) is 54.6 Å². The smallest absolute Gasteiger partial charge is 0.176 e. The van der Waals surface area contributed by atoms with Crippen molar-refractivity contribution in [1.82, 2.24) is 4.90 Å². The van der Waals surface area contributed by atoms with Crippen LogP contribution < -0.4 is 4.90 Å². The number of aromatic hydroxyl groups is 2. The van der Waals surface area contributed by atoms with Crippen LogP contribution in [0.25, 0.3) is 11.1 Å². The number of benzene rings is 4. The summed E-state index contributed by atoms with van der Waals surface area (Å²) in [7, 11) is 1.97. The average Bonchev–Trinajstić information content (AvgIpc) is 3.18. The Morgan fingerprint density at radius 3 is 2.28 bits per heavy atom. The minimum Gasteiger partial charge on any atom is -0.508 e. The van der Waals surface area contributed by atoms with E-state index in [1.54, 1.807) is 36.4 Å². The number of thiocarbonyl (C=S) groups is 1. The molecule has 5 nitrogen and oxygen atoms in total. The number of aliphatic hydroxyl groups excluding tert-OH is 1. The molecule has 0 spiro atoms. The SMILES string of the molecule is CN1C(=S)N(c2ccccc2)[C@H](c2ccc(-c3cccc(O)c3)cc2O)[C@H]1CCC[C@@H](O)c1ccc(F)cc1. The second-order valence-electron chi connectivity index (χ2n) is 9.93. The van der Waals surface area contributed by atoms with E-state index in [1.807, 2.05) is 55.6 Å². The van der Waals surface area contributed by atoms with Gasteiger partial charge in [0.15, 0.2) is 5.11 Å². The van der Waals surface area contributed by atoms with E-state index in [4.69, 9.17) is 12.2 Å². The van der Waals surface area contributed by atoms with Crippen LogP contribution in [0.4, 0.5) is 10.1 Å². The van der Waals surface area contributed by atoms with E-state index in [9.17, 15) is 19.7 Å². The lowest BCUT2D eigenvalue weighted by Crippen LogP contribution is -2.30. The average molecular weight is 543 g/mol. The van der Waals surface area contributed by atoms with Crippen molar-refractivity contribution in [1.29, 1.82) is 0 Å². The zero-order valence-electron chi connectivity index (χ0n) is 21.6. The molecule has 5 rings (SSSR count). The molecular weight excluding hydrogens is 511 g/mol. The maximum atomic E-state index is 13.3. The van der Waals surface area contributed by atoms with Crippen LogP contribution in [0.1, 0.15) is 42.5 Å². The van der Waals surface area contributed by atoms with Crippen molar-refractivity contribution in [3.05, 3.63) is 114 Å². The van der Waals surface area contributed by atoms with Gasteiger partial charge in [0.1, 0.15) is 17.3 Å². The largest absolute Gasteiger partial charge is 0.508 e. The molecule has 0 aliphatic carbocycles. The fraction of sp³-hybridized carbons (Fsp3) is 0.219. The zero-order valence-corrected chi connectivity index (χ0v) is 22.4. The Labute approximate surface area is 233 Å². The summed E-state index contributed by atoms with van der Waals surface area (Å²) < 4.78 is 13.3. The van der Waals surface area contributed by atoms with Gasteiger partial charge in [0.25, 0.3) is 0 Å². The Balaban J connectivity index is 1.44. The summed E-state index contributed by atoms with van der Waals surface area (Å²) >= 11 is 5.91. The van der Waals surface area contributed by atoms with Gasteiger partial charge >= 0.3 is 0 Å². The molecule has 0 radical (unpaired) electrons. The molecule has 1 fully saturated rings. The Kier molecular flexibility index (Phi) is 7.82. The maximum Gasteiger partial charge on any atom is 0.176 e. The Morgan fingerprint density at radius 2 is 1.59 bits per heavy atom. The summed E-state index contributed by atoms with van der Waals surface area (Å²) in [6, 6.07) is 28.1. The molecule has 0 unspecified atom stereocenters. The highest BCUT2D eigenvalue weighted by Gasteiger charge is 2.43. The Bertz CT molecular complexity index is 1450. The molecule has 4 aromatic carbocycles. The summed E-state index contributed by atoms with van der Waals surface area (Å²) in [4.78, 5) is 4.15. The lowest BCUT2D eigenvalue weighted by molar-refractivity contribution is 0.159. The number of phenolic OH excluding ortho intramolecular Hbond substituents is 2. The molecule has 3 atom stereocenters. The van der Waals surface area contributed by atoms with Gasteiger partial charge in [0.2, 0.25) is 0 Å². The van der Waals surface area contributed by atoms with Gasteiger partial charge in [0, 0.05) is 18.3 Å². The van der Waals surface area contributed by atoms with Crippen molar-refractivity contribution in [2.24, 2.45) is 0 Å². The van der Waals surface area contributed by atoms with Gasteiger partial charge in [-0.2, -0.15) is 0 Å². The highest BCUT2D eigenvalue weighted by molar-refractivity contribution is 7.80. The number of hydrogen-bond donors (Lipinski definition) is 3. The fourth-order valence-corrected chi connectivity index (χ4v) is 5.76. The lowest BCUT2D eigenvalue weighted by atomic mass is 9.91. The van der Waals surface area contributed by atoms with E-state index in [0.29, 0.717) is 23.5 Å². The molecule has 3 N–H and O–H groups in total.